The van der Waals surface area contributed by atoms with E-state index >= 15 is 0 Å². The second-order valence-electron chi connectivity index (χ2n) is 3.90. The number of carbonyl (C=O) groups is 1. The van der Waals surface area contributed by atoms with Gasteiger partial charge in [0.25, 0.3) is 5.91 Å². The highest BCUT2D eigenvalue weighted by Gasteiger charge is 2.04. The molecule has 1 rings (SSSR count). The van der Waals surface area contributed by atoms with Crippen molar-refractivity contribution < 1.29 is 9.53 Å². The number of aryl methyl sites for hydroxylation is 1. The predicted molar refractivity (Wildman–Crippen MR) is 69.6 cm³/mol. The van der Waals surface area contributed by atoms with E-state index in [9.17, 15) is 4.79 Å². The Labute approximate surface area is 107 Å². The summed E-state index contributed by atoms with van der Waals surface area (Å²) in [5.74, 6) is 0.604. The highest BCUT2D eigenvalue weighted by molar-refractivity contribution is 6.30. The molecule has 94 valence electrons. The van der Waals surface area contributed by atoms with Crippen LogP contribution in [0.2, 0.25) is 5.02 Å². The van der Waals surface area contributed by atoms with E-state index in [-0.39, 0.29) is 12.5 Å². The lowest BCUT2D eigenvalue weighted by Crippen LogP contribution is -2.29. The van der Waals surface area contributed by atoms with Gasteiger partial charge in [-0.1, -0.05) is 24.9 Å². The van der Waals surface area contributed by atoms with Crippen molar-refractivity contribution in [3.63, 3.8) is 0 Å². The zero-order valence-electron chi connectivity index (χ0n) is 10.3. The predicted octanol–water partition coefficient (Wildman–Crippen LogP) is 2.94. The Kier molecular flexibility index (Phi) is 5.84. The molecular formula is C13H18ClNO2. The van der Waals surface area contributed by atoms with Crippen LogP contribution >= 0.6 is 11.6 Å². The highest BCUT2D eigenvalue weighted by atomic mass is 35.5. The average Bonchev–Trinajstić information content (AvgIpc) is 2.28. The smallest absolute Gasteiger partial charge is 0.257 e. The van der Waals surface area contributed by atoms with E-state index < -0.39 is 0 Å². The van der Waals surface area contributed by atoms with E-state index in [1.165, 1.54) is 0 Å². The summed E-state index contributed by atoms with van der Waals surface area (Å²) in [6, 6.07) is 5.34. The van der Waals surface area contributed by atoms with Crippen molar-refractivity contribution >= 4 is 17.5 Å². The van der Waals surface area contributed by atoms with Crippen LogP contribution in [0.4, 0.5) is 0 Å². The van der Waals surface area contributed by atoms with Crippen molar-refractivity contribution in [1.29, 1.82) is 0 Å². The molecule has 0 aliphatic heterocycles. The molecule has 17 heavy (non-hydrogen) atoms. The number of rotatable bonds is 6. The molecule has 0 saturated carbocycles. The van der Waals surface area contributed by atoms with Crippen LogP contribution in [0.3, 0.4) is 0 Å². The third kappa shape index (κ3) is 5.09. The van der Waals surface area contributed by atoms with Crippen molar-refractivity contribution in [2.45, 2.75) is 26.7 Å². The largest absolute Gasteiger partial charge is 0.484 e. The van der Waals surface area contributed by atoms with E-state index in [2.05, 4.69) is 12.2 Å². The second-order valence-corrected chi connectivity index (χ2v) is 4.34. The van der Waals surface area contributed by atoms with Gasteiger partial charge in [-0.05, 0) is 37.1 Å². The van der Waals surface area contributed by atoms with Crippen molar-refractivity contribution in [2.24, 2.45) is 0 Å². The number of halogens is 1. The molecule has 4 heteroatoms. The Morgan fingerprint density at radius 3 is 2.88 bits per heavy atom. The van der Waals surface area contributed by atoms with Gasteiger partial charge in [0.1, 0.15) is 5.75 Å². The first-order valence-electron chi connectivity index (χ1n) is 5.79. The van der Waals surface area contributed by atoms with Crippen LogP contribution in [-0.2, 0) is 4.79 Å². The summed E-state index contributed by atoms with van der Waals surface area (Å²) in [4.78, 5) is 11.4. The van der Waals surface area contributed by atoms with Gasteiger partial charge in [-0.2, -0.15) is 0 Å². The highest BCUT2D eigenvalue weighted by Crippen LogP contribution is 2.21. The zero-order valence-corrected chi connectivity index (χ0v) is 11.0. The topological polar surface area (TPSA) is 38.3 Å². The molecule has 1 aromatic carbocycles. The Morgan fingerprint density at radius 2 is 2.24 bits per heavy atom. The molecule has 0 spiro atoms. The Bertz CT molecular complexity index is 380. The van der Waals surface area contributed by atoms with Crippen LogP contribution < -0.4 is 10.1 Å². The minimum absolute atomic E-state index is 0.0478. The van der Waals surface area contributed by atoms with Crippen LogP contribution in [0.5, 0.6) is 5.75 Å². The molecule has 0 unspecified atom stereocenters. The summed E-state index contributed by atoms with van der Waals surface area (Å²) in [7, 11) is 0. The molecular weight excluding hydrogens is 238 g/mol. The third-order valence-corrected chi connectivity index (χ3v) is 2.58. The molecule has 1 N–H and O–H groups in total. The van der Waals surface area contributed by atoms with Gasteiger partial charge in [-0.3, -0.25) is 4.79 Å². The fourth-order valence-corrected chi connectivity index (χ4v) is 1.60. The molecule has 0 radical (unpaired) electrons. The van der Waals surface area contributed by atoms with Crippen molar-refractivity contribution in [2.75, 3.05) is 13.2 Å². The van der Waals surface area contributed by atoms with Crippen molar-refractivity contribution in [1.82, 2.24) is 5.32 Å². The summed E-state index contributed by atoms with van der Waals surface area (Å²) < 4.78 is 5.41. The van der Waals surface area contributed by atoms with Crippen LogP contribution in [0.1, 0.15) is 25.3 Å². The molecule has 1 aromatic rings. The second kappa shape index (κ2) is 7.17. The first kappa shape index (κ1) is 13.8. The number of hydrogen-bond acceptors (Lipinski definition) is 2. The molecule has 0 aromatic heterocycles. The van der Waals surface area contributed by atoms with Gasteiger partial charge < -0.3 is 10.1 Å². The number of nitrogens with one attached hydrogen (secondary N) is 1. The maximum absolute atomic E-state index is 11.4. The quantitative estimate of drug-likeness (QED) is 0.794. The normalized spacial score (nSPS) is 10.1. The summed E-state index contributed by atoms with van der Waals surface area (Å²) in [5, 5.41) is 3.46. The molecule has 0 aliphatic rings. The average molecular weight is 256 g/mol. The number of carbonyl (C=O) groups excluding carboxylic acids is 1. The van der Waals surface area contributed by atoms with E-state index in [1.807, 2.05) is 13.0 Å². The fourth-order valence-electron chi connectivity index (χ4n) is 1.37. The number of hydrogen-bond donors (Lipinski definition) is 1. The van der Waals surface area contributed by atoms with Crippen molar-refractivity contribution in [3.05, 3.63) is 28.8 Å². The van der Waals surface area contributed by atoms with Gasteiger partial charge in [0.15, 0.2) is 6.61 Å². The standard InChI is InChI=1S/C13H18ClNO2/c1-3-4-7-15-13(16)9-17-12-6-5-11(14)8-10(12)2/h5-6,8H,3-4,7,9H2,1-2H3,(H,15,16). The maximum atomic E-state index is 11.4. The molecule has 0 aliphatic carbocycles. The Hall–Kier alpha value is -1.22. The fraction of sp³-hybridized carbons (Fsp3) is 0.462. The summed E-state index contributed by atoms with van der Waals surface area (Å²) in [6.45, 7) is 4.74. The summed E-state index contributed by atoms with van der Waals surface area (Å²) >= 11 is 5.83. The van der Waals surface area contributed by atoms with Gasteiger partial charge in [0, 0.05) is 11.6 Å². The minimum Gasteiger partial charge on any atom is -0.484 e. The van der Waals surface area contributed by atoms with Crippen LogP contribution in [-0.4, -0.2) is 19.1 Å². The first-order chi connectivity index (χ1) is 8.13. The molecule has 0 heterocycles. The number of benzene rings is 1. The van der Waals surface area contributed by atoms with Gasteiger partial charge in [-0.15, -0.1) is 0 Å². The summed E-state index contributed by atoms with van der Waals surface area (Å²) in [6.07, 6.45) is 2.06. The maximum Gasteiger partial charge on any atom is 0.257 e. The van der Waals surface area contributed by atoms with E-state index in [0.29, 0.717) is 17.3 Å². The summed E-state index contributed by atoms with van der Waals surface area (Å²) in [5.41, 5.74) is 0.929. The van der Waals surface area contributed by atoms with Gasteiger partial charge >= 0.3 is 0 Å². The Balaban J connectivity index is 2.37. The molecule has 0 saturated heterocycles. The van der Waals surface area contributed by atoms with Gasteiger partial charge in [0.05, 0.1) is 0 Å². The molecule has 0 fully saturated rings. The lowest BCUT2D eigenvalue weighted by molar-refractivity contribution is -0.123. The van der Waals surface area contributed by atoms with Gasteiger partial charge in [-0.25, -0.2) is 0 Å². The zero-order chi connectivity index (χ0) is 12.7. The molecule has 0 bridgehead atoms. The van der Waals surface area contributed by atoms with Crippen LogP contribution in [0.25, 0.3) is 0 Å². The number of unbranched alkanes of at least 4 members (excludes halogenated alkanes) is 1. The number of amides is 1. The van der Waals surface area contributed by atoms with Gasteiger partial charge in [0.2, 0.25) is 0 Å². The molecule has 3 nitrogen and oxygen atoms in total. The van der Waals surface area contributed by atoms with Crippen LogP contribution in [0, 0.1) is 6.92 Å². The first-order valence-corrected chi connectivity index (χ1v) is 6.17. The van der Waals surface area contributed by atoms with E-state index in [0.717, 1.165) is 18.4 Å². The van der Waals surface area contributed by atoms with E-state index in [1.54, 1.807) is 12.1 Å². The number of ether oxygens (including phenoxy) is 1. The molecule has 0 atom stereocenters. The Morgan fingerprint density at radius 1 is 1.47 bits per heavy atom. The lowest BCUT2D eigenvalue weighted by Gasteiger charge is -2.09. The SMILES string of the molecule is CCCCNC(=O)COc1ccc(Cl)cc1C. The van der Waals surface area contributed by atoms with E-state index in [4.69, 9.17) is 16.3 Å². The molecule has 1 amide bonds. The third-order valence-electron chi connectivity index (χ3n) is 2.35. The van der Waals surface area contributed by atoms with Crippen molar-refractivity contribution in [3.8, 4) is 5.75 Å². The lowest BCUT2D eigenvalue weighted by atomic mass is 10.2. The van der Waals surface area contributed by atoms with Crippen LogP contribution in [0.15, 0.2) is 18.2 Å². The minimum atomic E-state index is -0.0900. The monoisotopic (exact) mass is 255 g/mol.